The van der Waals surface area contributed by atoms with Gasteiger partial charge in [-0.3, -0.25) is 0 Å². The van der Waals surface area contributed by atoms with E-state index in [2.05, 4.69) is 13.8 Å². The molecule has 0 bridgehead atoms. The van der Waals surface area contributed by atoms with E-state index in [4.69, 9.17) is 0 Å². The van der Waals surface area contributed by atoms with Crippen LogP contribution in [0.4, 0.5) is 0 Å². The molecule has 0 aromatic rings. The molecule has 2 nitrogen and oxygen atoms in total. The molecule has 0 atom stereocenters. The molecular formula is C14H28O2. The van der Waals surface area contributed by atoms with Crippen molar-refractivity contribution in [3.63, 3.8) is 0 Å². The Morgan fingerprint density at radius 1 is 0.875 bits per heavy atom. The average Bonchev–Trinajstić information content (AvgIpc) is 2.26. The van der Waals surface area contributed by atoms with E-state index in [-0.39, 0.29) is 5.41 Å². The van der Waals surface area contributed by atoms with Gasteiger partial charge in [-0.2, -0.15) is 0 Å². The molecule has 0 aromatic carbocycles. The highest BCUT2D eigenvalue weighted by atomic mass is 16.5. The summed E-state index contributed by atoms with van der Waals surface area (Å²) in [5.74, 6) is -1.41. The van der Waals surface area contributed by atoms with Crippen LogP contribution in [-0.4, -0.2) is 16.0 Å². The molecule has 0 saturated heterocycles. The fourth-order valence-corrected chi connectivity index (χ4v) is 3.11. The lowest BCUT2D eigenvalue weighted by atomic mass is 9.64. The van der Waals surface area contributed by atoms with Crippen LogP contribution in [0.5, 0.6) is 0 Å². The summed E-state index contributed by atoms with van der Waals surface area (Å²) in [6, 6.07) is 0. The van der Waals surface area contributed by atoms with Crippen molar-refractivity contribution in [2.24, 2.45) is 5.41 Å². The second-order valence-corrected chi connectivity index (χ2v) is 5.51. The number of hydrogen-bond donors (Lipinski definition) is 2. The van der Waals surface area contributed by atoms with Crippen LogP contribution >= 0.6 is 0 Å². The monoisotopic (exact) mass is 228 g/mol. The summed E-state index contributed by atoms with van der Waals surface area (Å²) >= 11 is 0. The smallest absolute Gasteiger partial charge is 0.168 e. The zero-order valence-electron chi connectivity index (χ0n) is 11.0. The Hall–Kier alpha value is -0.0800. The molecule has 96 valence electrons. The van der Waals surface area contributed by atoms with Crippen molar-refractivity contribution >= 4 is 0 Å². The van der Waals surface area contributed by atoms with Crippen molar-refractivity contribution in [3.8, 4) is 0 Å². The number of rotatable bonds is 6. The maximum absolute atomic E-state index is 10.3. The Kier molecular flexibility index (Phi) is 5.26. The van der Waals surface area contributed by atoms with Gasteiger partial charge in [0.15, 0.2) is 5.79 Å². The third-order valence-corrected chi connectivity index (χ3v) is 4.30. The minimum Gasteiger partial charge on any atom is -0.365 e. The lowest BCUT2D eigenvalue weighted by Crippen LogP contribution is -2.50. The highest BCUT2D eigenvalue weighted by Crippen LogP contribution is 2.49. The van der Waals surface area contributed by atoms with Gasteiger partial charge >= 0.3 is 0 Å². The van der Waals surface area contributed by atoms with E-state index in [0.29, 0.717) is 6.42 Å². The summed E-state index contributed by atoms with van der Waals surface area (Å²) < 4.78 is 0. The minimum absolute atomic E-state index is 0.211. The van der Waals surface area contributed by atoms with E-state index in [1.54, 1.807) is 0 Å². The first-order valence-electron chi connectivity index (χ1n) is 7.03. The van der Waals surface area contributed by atoms with E-state index in [1.165, 1.54) is 0 Å². The second-order valence-electron chi connectivity index (χ2n) is 5.51. The molecule has 0 spiro atoms. The van der Waals surface area contributed by atoms with Gasteiger partial charge in [0.05, 0.1) is 0 Å². The maximum atomic E-state index is 10.3. The fraction of sp³-hybridized carbons (Fsp3) is 1.00. The van der Waals surface area contributed by atoms with Gasteiger partial charge in [-0.1, -0.05) is 46.0 Å². The Morgan fingerprint density at radius 2 is 1.38 bits per heavy atom. The molecule has 0 aliphatic heterocycles. The van der Waals surface area contributed by atoms with Crippen LogP contribution < -0.4 is 0 Å². The van der Waals surface area contributed by atoms with Gasteiger partial charge in [0, 0.05) is 11.8 Å². The van der Waals surface area contributed by atoms with Gasteiger partial charge in [0.1, 0.15) is 0 Å². The topological polar surface area (TPSA) is 40.5 Å². The van der Waals surface area contributed by atoms with Crippen LogP contribution in [0.2, 0.25) is 0 Å². The van der Waals surface area contributed by atoms with E-state index < -0.39 is 5.79 Å². The first-order chi connectivity index (χ1) is 7.58. The van der Waals surface area contributed by atoms with Gasteiger partial charge in [-0.15, -0.1) is 0 Å². The molecule has 0 unspecified atom stereocenters. The normalized spacial score (nSPS) is 23.2. The maximum Gasteiger partial charge on any atom is 0.168 e. The quantitative estimate of drug-likeness (QED) is 0.682. The average molecular weight is 228 g/mol. The van der Waals surface area contributed by atoms with Crippen molar-refractivity contribution < 1.29 is 10.2 Å². The summed E-state index contributed by atoms with van der Waals surface area (Å²) in [7, 11) is 0. The Balaban J connectivity index is 2.73. The van der Waals surface area contributed by atoms with Crippen LogP contribution in [-0.2, 0) is 0 Å². The standard InChI is InChI=1S/C14H28O2/c1-3-5-9-13(10-6-4-2)11-7-8-12-14(13,15)16/h15-16H,3-12H2,1-2H3. The van der Waals surface area contributed by atoms with Crippen molar-refractivity contribution in [2.75, 3.05) is 0 Å². The number of unbranched alkanes of at least 4 members (excludes halogenated alkanes) is 2. The van der Waals surface area contributed by atoms with Crippen molar-refractivity contribution in [2.45, 2.75) is 83.8 Å². The van der Waals surface area contributed by atoms with Crippen molar-refractivity contribution in [3.05, 3.63) is 0 Å². The lowest BCUT2D eigenvalue weighted by Gasteiger charge is -2.48. The number of hydrogen-bond acceptors (Lipinski definition) is 2. The third kappa shape index (κ3) is 2.98. The molecule has 1 aliphatic carbocycles. The van der Waals surface area contributed by atoms with Crippen LogP contribution in [0.15, 0.2) is 0 Å². The van der Waals surface area contributed by atoms with E-state index in [9.17, 15) is 10.2 Å². The zero-order chi connectivity index (χ0) is 12.1. The molecule has 2 heteroatoms. The van der Waals surface area contributed by atoms with Crippen LogP contribution in [0.3, 0.4) is 0 Å². The molecule has 0 amide bonds. The molecule has 0 aromatic heterocycles. The molecule has 1 fully saturated rings. The Morgan fingerprint density at radius 3 is 1.81 bits per heavy atom. The molecule has 2 N–H and O–H groups in total. The van der Waals surface area contributed by atoms with E-state index in [1.807, 2.05) is 0 Å². The molecule has 0 radical (unpaired) electrons. The van der Waals surface area contributed by atoms with Crippen molar-refractivity contribution in [1.29, 1.82) is 0 Å². The number of aliphatic hydroxyl groups is 2. The van der Waals surface area contributed by atoms with E-state index >= 15 is 0 Å². The Bertz CT molecular complexity index is 191. The predicted molar refractivity (Wildman–Crippen MR) is 67.1 cm³/mol. The SMILES string of the molecule is CCCCC1(CCCC)CCCCC1(O)O. The second kappa shape index (κ2) is 6.02. The molecule has 16 heavy (non-hydrogen) atoms. The summed E-state index contributed by atoms with van der Waals surface area (Å²) in [5, 5.41) is 20.6. The molecule has 0 heterocycles. The van der Waals surface area contributed by atoms with Crippen LogP contribution in [0.25, 0.3) is 0 Å². The summed E-state index contributed by atoms with van der Waals surface area (Å²) in [6.45, 7) is 4.35. The van der Waals surface area contributed by atoms with Gasteiger partial charge in [0.25, 0.3) is 0 Å². The largest absolute Gasteiger partial charge is 0.365 e. The first kappa shape index (κ1) is 14.0. The highest BCUT2D eigenvalue weighted by Gasteiger charge is 2.49. The lowest BCUT2D eigenvalue weighted by molar-refractivity contribution is -0.267. The van der Waals surface area contributed by atoms with Crippen molar-refractivity contribution in [1.82, 2.24) is 0 Å². The molecule has 1 saturated carbocycles. The third-order valence-electron chi connectivity index (χ3n) is 4.30. The molecule has 1 rings (SSSR count). The Labute approximate surface area is 100 Å². The van der Waals surface area contributed by atoms with Gasteiger partial charge in [0.2, 0.25) is 0 Å². The molecule has 1 aliphatic rings. The zero-order valence-corrected chi connectivity index (χ0v) is 11.0. The fourth-order valence-electron chi connectivity index (χ4n) is 3.11. The molecular weight excluding hydrogens is 200 g/mol. The van der Waals surface area contributed by atoms with Gasteiger partial charge in [-0.05, 0) is 25.7 Å². The summed E-state index contributed by atoms with van der Waals surface area (Å²) in [4.78, 5) is 0. The summed E-state index contributed by atoms with van der Waals surface area (Å²) in [6.07, 6.45) is 10.2. The summed E-state index contributed by atoms with van der Waals surface area (Å²) in [5.41, 5.74) is -0.211. The van der Waals surface area contributed by atoms with Gasteiger partial charge < -0.3 is 10.2 Å². The first-order valence-corrected chi connectivity index (χ1v) is 7.03. The van der Waals surface area contributed by atoms with Crippen LogP contribution in [0, 0.1) is 5.41 Å². The minimum atomic E-state index is -1.41. The van der Waals surface area contributed by atoms with E-state index in [0.717, 1.165) is 57.8 Å². The van der Waals surface area contributed by atoms with Gasteiger partial charge in [-0.25, -0.2) is 0 Å². The highest BCUT2D eigenvalue weighted by molar-refractivity contribution is 4.94. The predicted octanol–water partition coefficient (Wildman–Crippen LogP) is 3.61. The van der Waals surface area contributed by atoms with Crippen LogP contribution in [0.1, 0.15) is 78.1 Å².